The number of nitrogens with zero attached hydrogens (tertiary/aromatic N) is 1. The van der Waals surface area contributed by atoms with Gasteiger partial charge >= 0.3 is 5.97 Å². The van der Waals surface area contributed by atoms with Crippen molar-refractivity contribution in [2.45, 2.75) is 25.3 Å². The summed E-state index contributed by atoms with van der Waals surface area (Å²) in [5.74, 6) is 0.984. The van der Waals surface area contributed by atoms with Crippen LogP contribution in [0.5, 0.6) is 5.75 Å². The quantitative estimate of drug-likeness (QED) is 0.831. The average Bonchev–Trinajstić information content (AvgIpc) is 2.47. The summed E-state index contributed by atoms with van der Waals surface area (Å²) in [5, 5.41) is 0. The van der Waals surface area contributed by atoms with Gasteiger partial charge in [-0.05, 0) is 37.0 Å². The molecule has 1 aromatic carbocycles. The van der Waals surface area contributed by atoms with E-state index < -0.39 is 0 Å². The van der Waals surface area contributed by atoms with E-state index in [9.17, 15) is 4.79 Å². The first-order valence-electron chi connectivity index (χ1n) is 7.40. The highest BCUT2D eigenvalue weighted by Crippen LogP contribution is 2.28. The zero-order valence-corrected chi connectivity index (χ0v) is 12.7. The number of carbonyl (C=O) groups excluding carboxylic acids is 1. The third kappa shape index (κ3) is 4.44. The molecule has 1 aliphatic heterocycles. The Morgan fingerprint density at radius 2 is 2.24 bits per heavy atom. The number of likely N-dealkylation sites (tertiary alicyclic amines) is 1. The second-order valence-electron chi connectivity index (χ2n) is 5.47. The highest BCUT2D eigenvalue weighted by atomic mass is 16.5. The molecule has 0 saturated carbocycles. The van der Waals surface area contributed by atoms with Gasteiger partial charge in [-0.2, -0.15) is 0 Å². The molecule has 2 unspecified atom stereocenters. The van der Waals surface area contributed by atoms with E-state index in [-0.39, 0.29) is 12.0 Å². The summed E-state index contributed by atoms with van der Waals surface area (Å²) < 4.78 is 10.3. The number of hydrogen-bond acceptors (Lipinski definition) is 5. The predicted octanol–water partition coefficient (Wildman–Crippen LogP) is 1.37. The summed E-state index contributed by atoms with van der Waals surface area (Å²) in [6.45, 7) is 4.10. The molecule has 0 bridgehead atoms. The minimum atomic E-state index is -0.184. The van der Waals surface area contributed by atoms with Gasteiger partial charge in [0.25, 0.3) is 0 Å². The fourth-order valence-electron chi connectivity index (χ4n) is 2.89. The van der Waals surface area contributed by atoms with E-state index in [4.69, 9.17) is 15.2 Å². The second kappa shape index (κ2) is 7.43. The number of rotatable bonds is 5. The number of methoxy groups -OCH3 is 1. The summed E-state index contributed by atoms with van der Waals surface area (Å²) >= 11 is 0. The normalized spacial score (nSPS) is 22.8. The Morgan fingerprint density at radius 1 is 1.43 bits per heavy atom. The van der Waals surface area contributed by atoms with Crippen molar-refractivity contribution in [1.82, 2.24) is 4.90 Å². The molecule has 2 rings (SSSR count). The molecule has 0 aliphatic carbocycles. The largest absolute Gasteiger partial charge is 0.497 e. The van der Waals surface area contributed by atoms with Crippen molar-refractivity contribution in [3.05, 3.63) is 29.8 Å². The Labute approximate surface area is 126 Å². The Balaban J connectivity index is 2.04. The summed E-state index contributed by atoms with van der Waals surface area (Å²) in [4.78, 5) is 13.7. The number of nitrogens with two attached hydrogens (primary N) is 1. The molecule has 0 aromatic heterocycles. The smallest absolute Gasteiger partial charge is 0.320 e. The lowest BCUT2D eigenvalue weighted by Crippen LogP contribution is -2.48. The molecule has 1 fully saturated rings. The first-order valence-corrected chi connectivity index (χ1v) is 7.40. The molecule has 21 heavy (non-hydrogen) atoms. The van der Waals surface area contributed by atoms with Crippen LogP contribution in [0.15, 0.2) is 24.3 Å². The maximum absolute atomic E-state index is 11.6. The monoisotopic (exact) mass is 292 g/mol. The summed E-state index contributed by atoms with van der Waals surface area (Å²) in [6.07, 6.45) is 0.923. The predicted molar refractivity (Wildman–Crippen MR) is 81.4 cm³/mol. The van der Waals surface area contributed by atoms with Crippen molar-refractivity contribution in [3.8, 4) is 5.75 Å². The van der Waals surface area contributed by atoms with Gasteiger partial charge in [0.05, 0.1) is 20.3 Å². The van der Waals surface area contributed by atoms with Crippen molar-refractivity contribution >= 4 is 5.97 Å². The third-order valence-electron chi connectivity index (χ3n) is 3.78. The van der Waals surface area contributed by atoms with Gasteiger partial charge in [0, 0.05) is 19.1 Å². The second-order valence-corrected chi connectivity index (χ2v) is 5.47. The lowest BCUT2D eigenvalue weighted by molar-refractivity contribution is -0.144. The first-order chi connectivity index (χ1) is 10.1. The molecule has 1 heterocycles. The molecule has 0 amide bonds. The first kappa shape index (κ1) is 15.8. The van der Waals surface area contributed by atoms with Crippen LogP contribution in [0.2, 0.25) is 0 Å². The SMILES string of the molecule is CCOC(=O)CN1CC(N)CC(c2cccc(OC)c2)C1. The van der Waals surface area contributed by atoms with Crippen molar-refractivity contribution in [3.63, 3.8) is 0 Å². The highest BCUT2D eigenvalue weighted by Gasteiger charge is 2.27. The van der Waals surface area contributed by atoms with Gasteiger partial charge in [-0.1, -0.05) is 12.1 Å². The van der Waals surface area contributed by atoms with Crippen molar-refractivity contribution in [1.29, 1.82) is 0 Å². The fraction of sp³-hybridized carbons (Fsp3) is 0.562. The Kier molecular flexibility index (Phi) is 5.59. The third-order valence-corrected chi connectivity index (χ3v) is 3.78. The average molecular weight is 292 g/mol. The molecule has 5 nitrogen and oxygen atoms in total. The summed E-state index contributed by atoms with van der Waals surface area (Å²) in [5.41, 5.74) is 7.35. The van der Waals surface area contributed by atoms with Gasteiger partial charge in [0.15, 0.2) is 0 Å². The van der Waals surface area contributed by atoms with Gasteiger partial charge in [0.1, 0.15) is 5.75 Å². The molecular formula is C16H24N2O3. The van der Waals surface area contributed by atoms with Gasteiger partial charge in [-0.3, -0.25) is 9.69 Å². The van der Waals surface area contributed by atoms with E-state index in [0.717, 1.165) is 25.3 Å². The molecule has 2 N–H and O–H groups in total. The molecule has 1 aliphatic rings. The van der Waals surface area contributed by atoms with E-state index in [1.807, 2.05) is 25.1 Å². The zero-order valence-electron chi connectivity index (χ0n) is 12.7. The number of ether oxygens (including phenoxy) is 2. The molecule has 0 spiro atoms. The van der Waals surface area contributed by atoms with Crippen LogP contribution in [0.3, 0.4) is 0 Å². The molecule has 1 saturated heterocycles. The number of piperidine rings is 1. The molecule has 1 aromatic rings. The van der Waals surface area contributed by atoms with Crippen LogP contribution in [-0.4, -0.2) is 50.3 Å². The maximum atomic E-state index is 11.6. The van der Waals surface area contributed by atoms with Gasteiger partial charge in [-0.25, -0.2) is 0 Å². The summed E-state index contributed by atoms with van der Waals surface area (Å²) in [7, 11) is 1.67. The minimum Gasteiger partial charge on any atom is -0.497 e. The van der Waals surface area contributed by atoms with Crippen molar-refractivity contribution < 1.29 is 14.3 Å². The van der Waals surface area contributed by atoms with Crippen LogP contribution in [0, 0.1) is 0 Å². The number of esters is 1. The fourth-order valence-corrected chi connectivity index (χ4v) is 2.89. The van der Waals surface area contributed by atoms with Crippen LogP contribution in [-0.2, 0) is 9.53 Å². The van der Waals surface area contributed by atoms with Crippen LogP contribution in [0.25, 0.3) is 0 Å². The van der Waals surface area contributed by atoms with E-state index in [1.54, 1.807) is 7.11 Å². The highest BCUT2D eigenvalue weighted by molar-refractivity contribution is 5.71. The number of benzene rings is 1. The number of carbonyl (C=O) groups is 1. The zero-order chi connectivity index (χ0) is 15.2. The number of hydrogen-bond donors (Lipinski definition) is 1. The van der Waals surface area contributed by atoms with Crippen molar-refractivity contribution in [2.24, 2.45) is 5.73 Å². The summed E-state index contributed by atoms with van der Waals surface area (Å²) in [6, 6.07) is 8.13. The minimum absolute atomic E-state index is 0.0735. The maximum Gasteiger partial charge on any atom is 0.320 e. The lowest BCUT2D eigenvalue weighted by Gasteiger charge is -2.36. The van der Waals surface area contributed by atoms with Crippen LogP contribution >= 0.6 is 0 Å². The molecule has 116 valence electrons. The van der Waals surface area contributed by atoms with Gasteiger partial charge < -0.3 is 15.2 Å². The lowest BCUT2D eigenvalue weighted by atomic mass is 9.88. The molecule has 0 radical (unpaired) electrons. The van der Waals surface area contributed by atoms with Crippen LogP contribution < -0.4 is 10.5 Å². The van der Waals surface area contributed by atoms with E-state index >= 15 is 0 Å². The van der Waals surface area contributed by atoms with E-state index in [2.05, 4.69) is 11.0 Å². The Morgan fingerprint density at radius 3 is 2.95 bits per heavy atom. The van der Waals surface area contributed by atoms with E-state index in [1.165, 1.54) is 5.56 Å². The topological polar surface area (TPSA) is 64.8 Å². The standard InChI is InChI=1S/C16H24N2O3/c1-3-21-16(19)11-18-9-13(7-14(17)10-18)12-5-4-6-15(8-12)20-2/h4-6,8,13-14H,3,7,9-11,17H2,1-2H3. The van der Waals surface area contributed by atoms with Gasteiger partial charge in [0.2, 0.25) is 0 Å². The van der Waals surface area contributed by atoms with E-state index in [0.29, 0.717) is 19.1 Å². The van der Waals surface area contributed by atoms with Crippen molar-refractivity contribution in [2.75, 3.05) is 33.4 Å². The van der Waals surface area contributed by atoms with Crippen LogP contribution in [0.1, 0.15) is 24.8 Å². The molecule has 5 heteroatoms. The Hall–Kier alpha value is -1.59. The molecule has 2 atom stereocenters. The van der Waals surface area contributed by atoms with Gasteiger partial charge in [-0.15, -0.1) is 0 Å². The molecular weight excluding hydrogens is 268 g/mol. The Bertz CT molecular complexity index is 478. The van der Waals surface area contributed by atoms with Crippen LogP contribution in [0.4, 0.5) is 0 Å².